The molecule has 0 saturated carbocycles. The molecular weight excluding hydrogens is 516 g/mol. The fourth-order valence-electron chi connectivity index (χ4n) is 5.35. The summed E-state index contributed by atoms with van der Waals surface area (Å²) >= 11 is 0. The van der Waals surface area contributed by atoms with Crippen LogP contribution in [0.2, 0.25) is 0 Å². The molecule has 0 aliphatic rings. The van der Waals surface area contributed by atoms with Crippen LogP contribution in [0.25, 0.3) is 0 Å². The molecule has 1 N–H and O–H groups in total. The topological polar surface area (TPSA) is 41.6 Å². The number of ether oxygens (including phenoxy) is 1. The molecule has 0 saturated heterocycles. The van der Waals surface area contributed by atoms with Crippen molar-refractivity contribution in [2.45, 2.75) is 168 Å². The minimum Gasteiger partial charge on any atom is -0.446 e. The molecule has 4 heteroatoms. The summed E-state index contributed by atoms with van der Waals surface area (Å²) in [5, 5.41) is 3.03. The molecule has 0 bridgehead atoms. The Morgan fingerprint density at radius 3 is 1.40 bits per heavy atom. The minimum atomic E-state index is -0.231. The predicted octanol–water partition coefficient (Wildman–Crippen LogP) is 11.6. The molecule has 0 radical (unpaired) electrons. The van der Waals surface area contributed by atoms with Gasteiger partial charge < -0.3 is 15.0 Å². The summed E-state index contributed by atoms with van der Waals surface area (Å²) in [7, 11) is 4.13. The lowest BCUT2D eigenvalue weighted by Crippen LogP contribution is -2.34. The normalized spacial score (nSPS) is 13.6. The highest BCUT2D eigenvalue weighted by molar-refractivity contribution is 5.67. The quantitative estimate of drug-likeness (QED) is 0.0670. The van der Waals surface area contributed by atoms with E-state index in [2.05, 4.69) is 81.5 Å². The Balaban J connectivity index is 5.13. The van der Waals surface area contributed by atoms with E-state index in [1.54, 1.807) is 0 Å². The van der Waals surface area contributed by atoms with Crippen LogP contribution in [0, 0.1) is 5.92 Å². The number of rotatable bonds is 30. The number of carbonyl (C=O) groups excluding carboxylic acids is 1. The first-order chi connectivity index (χ1) is 20.5. The van der Waals surface area contributed by atoms with E-state index >= 15 is 0 Å². The van der Waals surface area contributed by atoms with Crippen molar-refractivity contribution < 1.29 is 9.53 Å². The molecule has 246 valence electrons. The van der Waals surface area contributed by atoms with Gasteiger partial charge in [-0.3, -0.25) is 0 Å². The summed E-state index contributed by atoms with van der Waals surface area (Å²) in [5.41, 5.74) is 0. The average molecular weight is 589 g/mol. The number of carbonyl (C=O) groups is 1. The van der Waals surface area contributed by atoms with Crippen LogP contribution in [0.15, 0.2) is 36.5 Å². The van der Waals surface area contributed by atoms with Crippen molar-refractivity contribution in [3.63, 3.8) is 0 Å². The van der Waals surface area contributed by atoms with Gasteiger partial charge in [0, 0.05) is 6.54 Å². The molecule has 1 unspecified atom stereocenters. The SMILES string of the molecule is CCCCCC=CCCCC(CCCC=CCCCCC)C(CCCC=CCCCCC)OC(=O)NCCCN(C)C. The third-order valence-electron chi connectivity index (χ3n) is 8.01. The monoisotopic (exact) mass is 589 g/mol. The smallest absolute Gasteiger partial charge is 0.407 e. The fraction of sp³-hybridized carbons (Fsp3) is 0.816. The largest absolute Gasteiger partial charge is 0.446 e. The second-order valence-corrected chi connectivity index (χ2v) is 12.5. The highest BCUT2D eigenvalue weighted by Crippen LogP contribution is 2.27. The molecule has 1 atom stereocenters. The number of alkyl carbamates (subject to hydrolysis) is 1. The van der Waals surface area contributed by atoms with E-state index in [4.69, 9.17) is 4.74 Å². The average Bonchev–Trinajstić information content (AvgIpc) is 2.97. The lowest BCUT2D eigenvalue weighted by Gasteiger charge is -2.27. The summed E-state index contributed by atoms with van der Waals surface area (Å²) in [5.74, 6) is 0.424. The molecule has 0 fully saturated rings. The standard InChI is InChI=1S/C38H72N2O2/c1-6-9-12-15-18-21-24-27-31-36(32-28-25-22-19-16-13-10-7-2)37(33-29-26-23-20-17-14-11-8-3)42-38(41)39-34-30-35-40(4)5/h18-23,36-37H,6-17,24-35H2,1-5H3,(H,39,41). The number of allylic oxidation sites excluding steroid dienone is 6. The molecule has 0 aromatic heterocycles. The van der Waals surface area contributed by atoms with Crippen molar-refractivity contribution in [2.75, 3.05) is 27.2 Å². The van der Waals surface area contributed by atoms with Gasteiger partial charge in [0.05, 0.1) is 0 Å². The van der Waals surface area contributed by atoms with E-state index < -0.39 is 0 Å². The van der Waals surface area contributed by atoms with Crippen molar-refractivity contribution in [3.8, 4) is 0 Å². The number of nitrogens with one attached hydrogen (secondary N) is 1. The van der Waals surface area contributed by atoms with E-state index in [1.807, 2.05) is 0 Å². The number of amides is 1. The summed E-state index contributed by atoms with van der Waals surface area (Å²) < 4.78 is 6.20. The van der Waals surface area contributed by atoms with E-state index in [1.165, 1.54) is 89.9 Å². The summed E-state index contributed by atoms with van der Waals surface area (Å²) in [6.07, 6.45) is 40.1. The maximum absolute atomic E-state index is 12.9. The zero-order valence-electron chi connectivity index (χ0n) is 28.9. The van der Waals surface area contributed by atoms with Gasteiger partial charge in [0.2, 0.25) is 0 Å². The van der Waals surface area contributed by atoms with Crippen molar-refractivity contribution in [2.24, 2.45) is 5.92 Å². The van der Waals surface area contributed by atoms with Gasteiger partial charge >= 0.3 is 6.09 Å². The van der Waals surface area contributed by atoms with Gasteiger partial charge in [-0.05, 0) is 129 Å². The Morgan fingerprint density at radius 2 is 1.00 bits per heavy atom. The second-order valence-electron chi connectivity index (χ2n) is 12.5. The summed E-state index contributed by atoms with van der Waals surface area (Å²) in [4.78, 5) is 15.0. The zero-order chi connectivity index (χ0) is 30.9. The van der Waals surface area contributed by atoms with Crippen molar-refractivity contribution in [1.82, 2.24) is 10.2 Å². The lowest BCUT2D eigenvalue weighted by molar-refractivity contribution is 0.0474. The first kappa shape index (κ1) is 40.5. The second kappa shape index (κ2) is 32.4. The highest BCUT2D eigenvalue weighted by atomic mass is 16.6. The number of nitrogens with zero attached hydrogens (tertiary/aromatic N) is 1. The van der Waals surface area contributed by atoms with Gasteiger partial charge in [-0.2, -0.15) is 0 Å². The third kappa shape index (κ3) is 28.6. The summed E-state index contributed by atoms with van der Waals surface area (Å²) in [6.45, 7) is 8.42. The first-order valence-electron chi connectivity index (χ1n) is 18.1. The maximum Gasteiger partial charge on any atom is 0.407 e. The molecule has 0 aliphatic carbocycles. The van der Waals surface area contributed by atoms with Crippen molar-refractivity contribution in [1.29, 1.82) is 0 Å². The van der Waals surface area contributed by atoms with Crippen LogP contribution in [-0.4, -0.2) is 44.3 Å². The first-order valence-corrected chi connectivity index (χ1v) is 18.1. The van der Waals surface area contributed by atoms with Crippen LogP contribution in [0.1, 0.15) is 162 Å². The molecule has 0 aromatic carbocycles. The lowest BCUT2D eigenvalue weighted by atomic mass is 9.87. The van der Waals surface area contributed by atoms with Crippen LogP contribution in [0.5, 0.6) is 0 Å². The minimum absolute atomic E-state index is 0.00518. The van der Waals surface area contributed by atoms with Gasteiger partial charge in [0.15, 0.2) is 0 Å². The molecule has 4 nitrogen and oxygen atoms in total. The van der Waals surface area contributed by atoms with E-state index in [9.17, 15) is 4.79 Å². The number of hydrogen-bond acceptors (Lipinski definition) is 3. The molecule has 0 heterocycles. The predicted molar refractivity (Wildman–Crippen MR) is 186 cm³/mol. The number of unbranched alkanes of at least 4 members (excludes halogenated alkanes) is 12. The van der Waals surface area contributed by atoms with Crippen molar-refractivity contribution >= 4 is 6.09 Å². The van der Waals surface area contributed by atoms with Crippen LogP contribution in [0.4, 0.5) is 4.79 Å². The Morgan fingerprint density at radius 1 is 0.595 bits per heavy atom. The van der Waals surface area contributed by atoms with Gasteiger partial charge in [0.25, 0.3) is 0 Å². The zero-order valence-corrected chi connectivity index (χ0v) is 28.9. The molecule has 0 rings (SSSR count). The number of hydrogen-bond donors (Lipinski definition) is 1. The van der Waals surface area contributed by atoms with Gasteiger partial charge in [0.1, 0.15) is 6.10 Å². The van der Waals surface area contributed by atoms with Crippen molar-refractivity contribution in [3.05, 3.63) is 36.5 Å². The highest BCUT2D eigenvalue weighted by Gasteiger charge is 2.24. The van der Waals surface area contributed by atoms with Crippen LogP contribution < -0.4 is 5.32 Å². The van der Waals surface area contributed by atoms with Gasteiger partial charge in [-0.1, -0.05) is 95.8 Å². The van der Waals surface area contributed by atoms with Gasteiger partial charge in [-0.15, -0.1) is 0 Å². The van der Waals surface area contributed by atoms with Gasteiger partial charge in [-0.25, -0.2) is 4.79 Å². The van der Waals surface area contributed by atoms with Crippen LogP contribution in [-0.2, 0) is 4.74 Å². The Kier molecular flexibility index (Phi) is 31.2. The van der Waals surface area contributed by atoms with Crippen LogP contribution in [0.3, 0.4) is 0 Å². The molecule has 0 aliphatic heterocycles. The Hall–Kier alpha value is -1.55. The Labute approximate surface area is 263 Å². The third-order valence-corrected chi connectivity index (χ3v) is 8.01. The summed E-state index contributed by atoms with van der Waals surface area (Å²) in [6, 6.07) is 0. The molecule has 0 spiro atoms. The maximum atomic E-state index is 12.9. The van der Waals surface area contributed by atoms with Crippen LogP contribution >= 0.6 is 0 Å². The molecule has 0 aromatic rings. The molecule has 42 heavy (non-hydrogen) atoms. The van der Waals surface area contributed by atoms with E-state index in [-0.39, 0.29) is 12.2 Å². The molecule has 1 amide bonds. The van der Waals surface area contributed by atoms with E-state index in [0.717, 1.165) is 57.9 Å². The fourth-order valence-corrected chi connectivity index (χ4v) is 5.35. The molecular formula is C38H72N2O2. The van der Waals surface area contributed by atoms with E-state index in [0.29, 0.717) is 12.5 Å². The Bertz CT molecular complexity index is 629.